The molecule has 9 heteroatoms. The van der Waals surface area contributed by atoms with Gasteiger partial charge in [-0.1, -0.05) is 59.6 Å². The molecule has 0 aliphatic carbocycles. The van der Waals surface area contributed by atoms with Crippen molar-refractivity contribution in [2.24, 2.45) is 0 Å². The number of carbonyl (C=O) groups is 2. The van der Waals surface area contributed by atoms with E-state index < -0.39 is 0 Å². The number of hydrogen-bond donors (Lipinski definition) is 3. The average Bonchev–Trinajstić information content (AvgIpc) is 3.30. The number of hydrogen-bond acceptors (Lipinski definition) is 4. The molecule has 0 saturated carbocycles. The third kappa shape index (κ3) is 5.25. The first-order valence-corrected chi connectivity index (χ1v) is 11.1. The van der Waals surface area contributed by atoms with Crippen LogP contribution in [0.2, 0.25) is 10.0 Å². The maximum absolute atomic E-state index is 12.4. The van der Waals surface area contributed by atoms with Crippen LogP contribution >= 0.6 is 34.5 Å². The van der Waals surface area contributed by atoms with Crippen molar-refractivity contribution in [2.75, 3.05) is 5.32 Å². The lowest BCUT2D eigenvalue weighted by Gasteiger charge is -2.06. The fourth-order valence-electron chi connectivity index (χ4n) is 3.10. The molecular formula is C22H18Cl2N4O2S. The Bertz CT molecular complexity index is 1250. The maximum Gasteiger partial charge on any atom is 0.230 e. The molecule has 4 rings (SSSR count). The lowest BCUT2D eigenvalue weighted by molar-refractivity contribution is -0.120. The molecule has 0 radical (unpaired) electrons. The summed E-state index contributed by atoms with van der Waals surface area (Å²) in [5.41, 5.74) is 1.61. The van der Waals surface area contributed by atoms with Crippen LogP contribution in [0.15, 0.2) is 54.6 Å². The second kappa shape index (κ2) is 9.51. The quantitative estimate of drug-likeness (QED) is 0.354. The number of H-pyrrole nitrogens is 1. The highest BCUT2D eigenvalue weighted by atomic mass is 35.5. The summed E-state index contributed by atoms with van der Waals surface area (Å²) in [5, 5.41) is 14.7. The van der Waals surface area contributed by atoms with Crippen LogP contribution in [0, 0.1) is 0 Å². The SMILES string of the molecule is O=C(Cc1cc2c(NC(=O)Cc3ccccc3Cl)[nH]nc2s1)NCc1ccccc1Cl. The zero-order chi connectivity index (χ0) is 21.8. The molecule has 158 valence electrons. The summed E-state index contributed by atoms with van der Waals surface area (Å²) in [6.45, 7) is 0.366. The predicted molar refractivity (Wildman–Crippen MR) is 125 cm³/mol. The topological polar surface area (TPSA) is 86.9 Å². The number of nitrogens with one attached hydrogen (secondary N) is 3. The van der Waals surface area contributed by atoms with Gasteiger partial charge in [-0.05, 0) is 29.3 Å². The zero-order valence-corrected chi connectivity index (χ0v) is 18.6. The highest BCUT2D eigenvalue weighted by Crippen LogP contribution is 2.30. The first-order valence-electron chi connectivity index (χ1n) is 9.50. The van der Waals surface area contributed by atoms with Crippen molar-refractivity contribution in [3.63, 3.8) is 0 Å². The number of fused-ring (bicyclic) bond motifs is 1. The molecule has 0 unspecified atom stereocenters. The normalized spacial score (nSPS) is 10.9. The van der Waals surface area contributed by atoms with Crippen molar-refractivity contribution in [1.82, 2.24) is 15.5 Å². The van der Waals surface area contributed by atoms with E-state index in [4.69, 9.17) is 23.2 Å². The standard InChI is InChI=1S/C22H18Cl2N4O2S/c23-17-7-3-1-5-13(17)9-20(30)26-21-16-10-15(31-22(16)28-27-21)11-19(29)25-12-14-6-2-4-8-18(14)24/h1-8,10H,9,11-12H2,(H,25,29)(H2,26,27,28,30). The van der Waals surface area contributed by atoms with Crippen molar-refractivity contribution >= 4 is 62.4 Å². The number of amides is 2. The molecule has 0 saturated heterocycles. The minimum absolute atomic E-state index is 0.114. The van der Waals surface area contributed by atoms with Gasteiger partial charge in [-0.25, -0.2) is 0 Å². The monoisotopic (exact) mass is 472 g/mol. The Labute approximate surface area is 192 Å². The summed E-state index contributed by atoms with van der Waals surface area (Å²) in [6.07, 6.45) is 0.375. The van der Waals surface area contributed by atoms with Crippen molar-refractivity contribution in [1.29, 1.82) is 0 Å². The summed E-state index contributed by atoms with van der Waals surface area (Å²) in [5.74, 6) is 0.187. The Morgan fingerprint density at radius 1 is 0.935 bits per heavy atom. The van der Waals surface area contributed by atoms with Crippen LogP contribution in [-0.4, -0.2) is 22.0 Å². The van der Waals surface area contributed by atoms with Crippen LogP contribution in [0.25, 0.3) is 10.2 Å². The minimum Gasteiger partial charge on any atom is -0.352 e. The Morgan fingerprint density at radius 2 is 1.61 bits per heavy atom. The number of anilines is 1. The van der Waals surface area contributed by atoms with Gasteiger partial charge in [0.2, 0.25) is 11.8 Å². The number of thiophene rings is 1. The van der Waals surface area contributed by atoms with Gasteiger partial charge in [0.05, 0.1) is 18.2 Å². The molecule has 2 aromatic heterocycles. The first kappa shape index (κ1) is 21.4. The number of aromatic nitrogens is 2. The van der Waals surface area contributed by atoms with E-state index in [0.29, 0.717) is 22.4 Å². The van der Waals surface area contributed by atoms with Gasteiger partial charge in [-0.3, -0.25) is 14.7 Å². The number of rotatable bonds is 7. The van der Waals surface area contributed by atoms with Crippen molar-refractivity contribution in [3.8, 4) is 0 Å². The summed E-state index contributed by atoms with van der Waals surface area (Å²) >= 11 is 13.7. The van der Waals surface area contributed by atoms with Gasteiger partial charge in [-0.2, -0.15) is 5.10 Å². The van der Waals surface area contributed by atoms with E-state index in [-0.39, 0.29) is 24.7 Å². The molecule has 3 N–H and O–H groups in total. The number of carbonyl (C=O) groups excluding carboxylic acids is 2. The van der Waals surface area contributed by atoms with Crippen LogP contribution < -0.4 is 10.6 Å². The second-order valence-corrected chi connectivity index (χ2v) is 8.82. The van der Waals surface area contributed by atoms with Gasteiger partial charge in [0.25, 0.3) is 0 Å². The molecule has 2 heterocycles. The smallest absolute Gasteiger partial charge is 0.230 e. The van der Waals surface area contributed by atoms with E-state index >= 15 is 0 Å². The molecule has 0 fully saturated rings. The van der Waals surface area contributed by atoms with Crippen LogP contribution in [0.3, 0.4) is 0 Å². The molecule has 2 aromatic carbocycles. The lowest BCUT2D eigenvalue weighted by atomic mass is 10.1. The number of benzene rings is 2. The fraction of sp³-hybridized carbons (Fsp3) is 0.136. The summed E-state index contributed by atoms with van der Waals surface area (Å²) < 4.78 is 0. The Morgan fingerprint density at radius 3 is 2.32 bits per heavy atom. The van der Waals surface area contributed by atoms with E-state index in [0.717, 1.165) is 26.2 Å². The molecule has 0 atom stereocenters. The average molecular weight is 473 g/mol. The lowest BCUT2D eigenvalue weighted by Crippen LogP contribution is -2.24. The van der Waals surface area contributed by atoms with E-state index in [9.17, 15) is 9.59 Å². The van der Waals surface area contributed by atoms with Gasteiger partial charge in [0, 0.05) is 21.5 Å². The molecule has 0 bridgehead atoms. The summed E-state index contributed by atoms with van der Waals surface area (Å²) in [7, 11) is 0. The van der Waals surface area contributed by atoms with E-state index in [1.165, 1.54) is 11.3 Å². The molecule has 0 spiro atoms. The van der Waals surface area contributed by atoms with Crippen molar-refractivity contribution < 1.29 is 9.59 Å². The molecule has 31 heavy (non-hydrogen) atoms. The van der Waals surface area contributed by atoms with Crippen LogP contribution in [-0.2, 0) is 29.0 Å². The molecule has 0 aliphatic heterocycles. The highest BCUT2D eigenvalue weighted by molar-refractivity contribution is 7.18. The number of aromatic amines is 1. The van der Waals surface area contributed by atoms with Crippen LogP contribution in [0.4, 0.5) is 5.82 Å². The van der Waals surface area contributed by atoms with Crippen molar-refractivity contribution in [2.45, 2.75) is 19.4 Å². The third-order valence-corrected chi connectivity index (χ3v) is 6.41. The molecular weight excluding hydrogens is 455 g/mol. The molecule has 6 nitrogen and oxygen atoms in total. The van der Waals surface area contributed by atoms with Crippen LogP contribution in [0.1, 0.15) is 16.0 Å². The largest absolute Gasteiger partial charge is 0.352 e. The Balaban J connectivity index is 1.38. The minimum atomic E-state index is -0.205. The Kier molecular flexibility index (Phi) is 6.56. The number of nitrogens with zero attached hydrogens (tertiary/aromatic N) is 1. The fourth-order valence-corrected chi connectivity index (χ4v) is 4.49. The van der Waals surface area contributed by atoms with E-state index in [1.54, 1.807) is 12.1 Å². The number of halogens is 2. The van der Waals surface area contributed by atoms with Crippen LogP contribution in [0.5, 0.6) is 0 Å². The Hall–Kier alpha value is -2.87. The predicted octanol–water partition coefficient (Wildman–Crippen LogP) is 4.97. The third-order valence-electron chi connectivity index (χ3n) is 4.64. The van der Waals surface area contributed by atoms with E-state index in [2.05, 4.69) is 20.8 Å². The second-order valence-electron chi connectivity index (χ2n) is 6.89. The highest BCUT2D eigenvalue weighted by Gasteiger charge is 2.15. The van der Waals surface area contributed by atoms with Gasteiger partial charge >= 0.3 is 0 Å². The van der Waals surface area contributed by atoms with Gasteiger partial charge in [-0.15, -0.1) is 11.3 Å². The molecule has 0 aliphatic rings. The summed E-state index contributed by atoms with van der Waals surface area (Å²) in [6, 6.07) is 16.5. The van der Waals surface area contributed by atoms with Gasteiger partial charge < -0.3 is 10.6 Å². The first-order chi connectivity index (χ1) is 15.0. The van der Waals surface area contributed by atoms with Gasteiger partial charge in [0.15, 0.2) is 0 Å². The molecule has 4 aromatic rings. The maximum atomic E-state index is 12.4. The van der Waals surface area contributed by atoms with E-state index in [1.807, 2.05) is 42.5 Å². The molecule has 2 amide bonds. The van der Waals surface area contributed by atoms with Crippen molar-refractivity contribution in [3.05, 3.63) is 80.6 Å². The van der Waals surface area contributed by atoms with Gasteiger partial charge in [0.1, 0.15) is 10.6 Å². The zero-order valence-electron chi connectivity index (χ0n) is 16.2. The summed E-state index contributed by atoms with van der Waals surface area (Å²) in [4.78, 5) is 26.3.